The van der Waals surface area contributed by atoms with Gasteiger partial charge in [-0.05, 0) is 41.4 Å². The number of aryl methyl sites for hydroxylation is 3. The molecule has 0 aliphatic heterocycles. The Morgan fingerprint density at radius 3 is 2.61 bits per heavy atom. The Balaban J connectivity index is 2.22. The van der Waals surface area contributed by atoms with Crippen LogP contribution in [0.4, 0.5) is 0 Å². The van der Waals surface area contributed by atoms with Crippen LogP contribution in [0, 0.1) is 13.8 Å². The molecule has 0 aliphatic carbocycles. The first-order chi connectivity index (χ1) is 8.54. The van der Waals surface area contributed by atoms with Crippen LogP contribution in [0.25, 0.3) is 16.9 Å². The molecule has 0 amide bonds. The Hall–Kier alpha value is -1.62. The maximum atomic E-state index is 4.65. The Bertz CT molecular complexity index is 700. The second kappa shape index (κ2) is 3.95. The number of rotatable bonds is 1. The van der Waals surface area contributed by atoms with Gasteiger partial charge in [0.2, 0.25) is 0 Å². The molecule has 3 heterocycles. The van der Waals surface area contributed by atoms with E-state index in [0.717, 1.165) is 27.1 Å². The Labute approximate surface area is 113 Å². The minimum atomic E-state index is 0.953. The van der Waals surface area contributed by atoms with E-state index in [0.29, 0.717) is 0 Å². The van der Waals surface area contributed by atoms with Crippen LogP contribution in [-0.2, 0) is 7.05 Å². The van der Waals surface area contributed by atoms with Crippen molar-refractivity contribution in [2.24, 2.45) is 7.05 Å². The van der Waals surface area contributed by atoms with E-state index in [4.69, 9.17) is 0 Å². The fraction of sp³-hybridized carbons (Fsp3) is 0.231. The predicted molar refractivity (Wildman–Crippen MR) is 74.6 cm³/mol. The van der Waals surface area contributed by atoms with Gasteiger partial charge in [-0.1, -0.05) is 0 Å². The van der Waals surface area contributed by atoms with Gasteiger partial charge in [0.05, 0.1) is 11.4 Å². The summed E-state index contributed by atoms with van der Waals surface area (Å²) < 4.78 is 4.93. The molecule has 0 aromatic carbocycles. The normalized spacial score (nSPS) is 11.3. The third-order valence-electron chi connectivity index (χ3n) is 3.03. The summed E-state index contributed by atoms with van der Waals surface area (Å²) >= 11 is 3.54. The van der Waals surface area contributed by atoms with E-state index in [2.05, 4.69) is 39.0 Å². The van der Waals surface area contributed by atoms with Crippen LogP contribution in [0.5, 0.6) is 0 Å². The molecule has 5 heteroatoms. The smallest absolute Gasteiger partial charge is 0.137 e. The van der Waals surface area contributed by atoms with Gasteiger partial charge in [-0.3, -0.25) is 4.68 Å². The van der Waals surface area contributed by atoms with E-state index < -0.39 is 0 Å². The van der Waals surface area contributed by atoms with Gasteiger partial charge >= 0.3 is 0 Å². The molecule has 0 saturated heterocycles. The summed E-state index contributed by atoms with van der Waals surface area (Å²) in [4.78, 5) is 4.65. The van der Waals surface area contributed by atoms with Crippen molar-refractivity contribution < 1.29 is 0 Å². The lowest BCUT2D eigenvalue weighted by atomic mass is 10.2. The van der Waals surface area contributed by atoms with E-state index in [1.54, 1.807) is 0 Å². The van der Waals surface area contributed by atoms with Crippen LogP contribution < -0.4 is 0 Å². The fourth-order valence-electron chi connectivity index (χ4n) is 2.09. The number of imidazole rings is 1. The van der Waals surface area contributed by atoms with Crippen molar-refractivity contribution in [1.82, 2.24) is 19.2 Å². The average molecular weight is 305 g/mol. The molecule has 0 radical (unpaired) electrons. The van der Waals surface area contributed by atoms with E-state index in [9.17, 15) is 0 Å². The average Bonchev–Trinajstić information content (AvgIpc) is 2.82. The number of pyridine rings is 1. The SMILES string of the molecule is Cc1cc2nc(-c3cn(C)nc3C)cn2cc1Br. The minimum absolute atomic E-state index is 0.953. The summed E-state index contributed by atoms with van der Waals surface area (Å²) in [7, 11) is 1.92. The molecule has 3 aromatic heterocycles. The Morgan fingerprint density at radius 1 is 1.17 bits per heavy atom. The minimum Gasteiger partial charge on any atom is -0.305 e. The fourth-order valence-corrected chi connectivity index (χ4v) is 2.42. The number of hydrogen-bond donors (Lipinski definition) is 0. The van der Waals surface area contributed by atoms with Crippen molar-refractivity contribution in [1.29, 1.82) is 0 Å². The molecule has 3 rings (SSSR count). The molecule has 0 N–H and O–H groups in total. The van der Waals surface area contributed by atoms with E-state index >= 15 is 0 Å². The van der Waals surface area contributed by atoms with Gasteiger partial charge in [0, 0.05) is 35.7 Å². The summed E-state index contributed by atoms with van der Waals surface area (Å²) in [5.41, 5.74) is 5.17. The highest BCUT2D eigenvalue weighted by Gasteiger charge is 2.10. The molecule has 0 saturated carbocycles. The van der Waals surface area contributed by atoms with Gasteiger partial charge in [-0.2, -0.15) is 5.10 Å². The van der Waals surface area contributed by atoms with E-state index in [1.807, 2.05) is 41.6 Å². The largest absolute Gasteiger partial charge is 0.305 e. The van der Waals surface area contributed by atoms with Crippen molar-refractivity contribution in [3.63, 3.8) is 0 Å². The van der Waals surface area contributed by atoms with Crippen LogP contribution in [0.3, 0.4) is 0 Å². The zero-order valence-electron chi connectivity index (χ0n) is 10.5. The van der Waals surface area contributed by atoms with Gasteiger partial charge in [0.1, 0.15) is 5.65 Å². The first-order valence-corrected chi connectivity index (χ1v) is 6.49. The predicted octanol–water partition coefficient (Wildman–Crippen LogP) is 3.11. The van der Waals surface area contributed by atoms with Crippen molar-refractivity contribution in [3.05, 3.63) is 40.4 Å². The standard InChI is InChI=1S/C13H13BrN4/c1-8-4-13-15-12(7-18(13)6-11(8)14)10-5-17(3)16-9(10)2/h4-7H,1-3H3. The van der Waals surface area contributed by atoms with Gasteiger partial charge in [0.25, 0.3) is 0 Å². The van der Waals surface area contributed by atoms with Gasteiger partial charge in [-0.25, -0.2) is 4.98 Å². The molecule has 0 atom stereocenters. The molecular weight excluding hydrogens is 292 g/mol. The summed E-state index contributed by atoms with van der Waals surface area (Å²) in [6.07, 6.45) is 6.06. The Kier molecular flexibility index (Phi) is 2.52. The highest BCUT2D eigenvalue weighted by atomic mass is 79.9. The summed E-state index contributed by atoms with van der Waals surface area (Å²) in [5, 5.41) is 4.35. The lowest BCUT2D eigenvalue weighted by Gasteiger charge is -1.98. The maximum absolute atomic E-state index is 4.65. The van der Waals surface area contributed by atoms with Gasteiger partial charge in [0.15, 0.2) is 0 Å². The second-order valence-corrected chi connectivity index (χ2v) is 5.35. The van der Waals surface area contributed by atoms with Crippen LogP contribution >= 0.6 is 15.9 Å². The first-order valence-electron chi connectivity index (χ1n) is 5.70. The quantitative estimate of drug-likeness (QED) is 0.692. The molecular formula is C13H13BrN4. The summed E-state index contributed by atoms with van der Waals surface area (Å²) in [6.45, 7) is 4.06. The lowest BCUT2D eigenvalue weighted by Crippen LogP contribution is -1.86. The maximum Gasteiger partial charge on any atom is 0.137 e. The van der Waals surface area contributed by atoms with Crippen LogP contribution in [0.1, 0.15) is 11.3 Å². The number of hydrogen-bond acceptors (Lipinski definition) is 2. The second-order valence-electron chi connectivity index (χ2n) is 4.50. The van der Waals surface area contributed by atoms with Crippen LogP contribution in [-0.4, -0.2) is 19.2 Å². The third kappa shape index (κ3) is 1.75. The van der Waals surface area contributed by atoms with Crippen molar-refractivity contribution in [3.8, 4) is 11.3 Å². The number of aromatic nitrogens is 4. The monoisotopic (exact) mass is 304 g/mol. The summed E-state index contributed by atoms with van der Waals surface area (Å²) in [6, 6.07) is 2.07. The summed E-state index contributed by atoms with van der Waals surface area (Å²) in [5.74, 6) is 0. The first kappa shape index (κ1) is 11.5. The highest BCUT2D eigenvalue weighted by Crippen LogP contribution is 2.24. The molecule has 0 fully saturated rings. The third-order valence-corrected chi connectivity index (χ3v) is 3.86. The molecule has 0 spiro atoms. The topological polar surface area (TPSA) is 35.1 Å². The number of nitrogens with zero attached hydrogens (tertiary/aromatic N) is 4. The van der Waals surface area contributed by atoms with Crippen molar-refractivity contribution in [2.75, 3.05) is 0 Å². The highest BCUT2D eigenvalue weighted by molar-refractivity contribution is 9.10. The number of fused-ring (bicyclic) bond motifs is 1. The van der Waals surface area contributed by atoms with Gasteiger partial charge < -0.3 is 4.40 Å². The molecule has 92 valence electrons. The van der Waals surface area contributed by atoms with Gasteiger partial charge in [-0.15, -0.1) is 0 Å². The van der Waals surface area contributed by atoms with E-state index in [1.165, 1.54) is 5.56 Å². The molecule has 0 aliphatic rings. The zero-order valence-corrected chi connectivity index (χ0v) is 12.1. The Morgan fingerprint density at radius 2 is 1.94 bits per heavy atom. The molecule has 4 nitrogen and oxygen atoms in total. The number of halogens is 1. The molecule has 0 unspecified atom stereocenters. The van der Waals surface area contributed by atoms with Crippen molar-refractivity contribution >= 4 is 21.6 Å². The molecule has 3 aromatic rings. The van der Waals surface area contributed by atoms with E-state index in [-0.39, 0.29) is 0 Å². The lowest BCUT2D eigenvalue weighted by molar-refractivity contribution is 0.756. The van der Waals surface area contributed by atoms with Crippen molar-refractivity contribution in [2.45, 2.75) is 13.8 Å². The molecule has 0 bridgehead atoms. The molecule has 18 heavy (non-hydrogen) atoms. The zero-order chi connectivity index (χ0) is 12.9. The van der Waals surface area contributed by atoms with Crippen LogP contribution in [0.2, 0.25) is 0 Å². The van der Waals surface area contributed by atoms with Crippen LogP contribution in [0.15, 0.2) is 29.1 Å².